The van der Waals surface area contributed by atoms with Crippen LogP contribution in [0.4, 0.5) is 34.1 Å². The van der Waals surface area contributed by atoms with E-state index in [1.807, 2.05) is 0 Å². The monoisotopic (exact) mass is 887 g/mol. The van der Waals surface area contributed by atoms with Gasteiger partial charge >= 0.3 is 0 Å². The summed E-state index contributed by atoms with van der Waals surface area (Å²) in [4.78, 5) is 5.14. The molecule has 0 spiro atoms. The van der Waals surface area contributed by atoms with E-state index >= 15 is 0 Å². The molecule has 0 radical (unpaired) electrons. The van der Waals surface area contributed by atoms with Crippen LogP contribution in [-0.4, -0.2) is 11.3 Å². The molecule has 324 valence electrons. The Morgan fingerprint density at radius 1 is 0.271 bits per heavy atom. The number of aromatic nitrogens is 1. The summed E-state index contributed by atoms with van der Waals surface area (Å²) >= 11 is 0. The highest BCUT2D eigenvalue weighted by atomic mass is 15.2. The van der Waals surface area contributed by atoms with Crippen molar-refractivity contribution in [3.63, 3.8) is 0 Å². The minimum Gasteiger partial charge on any atom is -0.311 e. The van der Waals surface area contributed by atoms with E-state index in [1.54, 1.807) is 0 Å². The SMILES string of the molecule is c1ccc(-c2ccc(N3c4cc(-n5c6ccccc6c6ccccc65)ccc4B4c5cc(-c6ccccc6)cc6c5N(c5ccc(-c7ccccc7)cc5-c5ccccc5-6)c5cccc3c54)cc2)cc1. The number of rotatable bonds is 5. The Morgan fingerprint density at radius 3 is 1.46 bits per heavy atom. The maximum atomic E-state index is 2.60. The highest BCUT2D eigenvalue weighted by Gasteiger charge is 2.45. The number of para-hydroxylation sites is 2. The third-order valence-corrected chi connectivity index (χ3v) is 15.1. The van der Waals surface area contributed by atoms with Crippen molar-refractivity contribution in [2.45, 2.75) is 0 Å². The molecule has 12 aromatic rings. The molecular formula is C66H42BN3. The Balaban J connectivity index is 1.04. The van der Waals surface area contributed by atoms with Gasteiger partial charge in [0.1, 0.15) is 0 Å². The average Bonchev–Trinajstić information content (AvgIpc) is 3.72. The van der Waals surface area contributed by atoms with Gasteiger partial charge in [-0.2, -0.15) is 0 Å². The molecule has 0 N–H and O–H groups in total. The zero-order chi connectivity index (χ0) is 45.9. The summed E-state index contributed by atoms with van der Waals surface area (Å²) in [6, 6.07) is 94.6. The van der Waals surface area contributed by atoms with Gasteiger partial charge in [-0.15, -0.1) is 0 Å². The number of fused-ring (bicyclic) bond motifs is 12. The molecule has 0 amide bonds. The van der Waals surface area contributed by atoms with Gasteiger partial charge in [0.25, 0.3) is 6.71 Å². The van der Waals surface area contributed by atoms with Crippen LogP contribution in [0, 0.1) is 0 Å². The Bertz CT molecular complexity index is 4010. The summed E-state index contributed by atoms with van der Waals surface area (Å²) in [7, 11) is 0. The molecule has 0 saturated heterocycles. The van der Waals surface area contributed by atoms with Crippen LogP contribution in [0.3, 0.4) is 0 Å². The summed E-state index contributed by atoms with van der Waals surface area (Å²) in [5, 5.41) is 2.51. The molecule has 0 atom stereocenters. The van der Waals surface area contributed by atoms with Gasteiger partial charge in [-0.25, -0.2) is 0 Å². The van der Waals surface area contributed by atoms with E-state index in [4.69, 9.17) is 0 Å². The first-order valence-electron chi connectivity index (χ1n) is 24.3. The van der Waals surface area contributed by atoms with Gasteiger partial charge in [0.05, 0.1) is 16.7 Å². The standard InChI is InChI=1S/C66H42BN3/c1-4-17-43(18-5-1)46-31-34-49(35-32-46)68-62-29-16-30-63-65(62)67(57-37-36-50(42-64(57)68)69-59-27-14-12-25-53(59)54-26-13-15-28-60(54)69)58-41-48(45-21-8-3-9-22-45)40-56-52-24-11-10-23-51(52)55-39-47(44-19-6-2-7-20-44)33-38-61(55)70(63)66(56)58/h1-42H. The van der Waals surface area contributed by atoms with Crippen LogP contribution in [0.25, 0.3) is 83.1 Å². The largest absolute Gasteiger partial charge is 0.311 e. The molecular weight excluding hydrogens is 846 g/mol. The Labute approximate surface area is 407 Å². The molecule has 3 aliphatic heterocycles. The zero-order valence-electron chi connectivity index (χ0n) is 38.2. The van der Waals surface area contributed by atoms with Crippen molar-refractivity contribution in [1.29, 1.82) is 0 Å². The Hall–Kier alpha value is -9.12. The van der Waals surface area contributed by atoms with Gasteiger partial charge in [-0.3, -0.25) is 0 Å². The predicted octanol–water partition coefficient (Wildman–Crippen LogP) is 15.5. The van der Waals surface area contributed by atoms with Crippen LogP contribution >= 0.6 is 0 Å². The lowest BCUT2D eigenvalue weighted by molar-refractivity contribution is 1.17. The fourth-order valence-electron chi connectivity index (χ4n) is 12.1. The van der Waals surface area contributed by atoms with Gasteiger partial charge in [0, 0.05) is 56.0 Å². The molecule has 11 aromatic carbocycles. The van der Waals surface area contributed by atoms with Crippen molar-refractivity contribution in [3.8, 4) is 61.3 Å². The van der Waals surface area contributed by atoms with Crippen LogP contribution in [0.1, 0.15) is 0 Å². The molecule has 3 aliphatic rings. The van der Waals surface area contributed by atoms with Gasteiger partial charge in [0.15, 0.2) is 0 Å². The summed E-state index contributed by atoms with van der Waals surface area (Å²) in [6.07, 6.45) is 0. The second kappa shape index (κ2) is 15.2. The third kappa shape index (κ3) is 5.71. The first kappa shape index (κ1) is 38.9. The van der Waals surface area contributed by atoms with Crippen LogP contribution < -0.4 is 26.2 Å². The smallest absolute Gasteiger partial charge is 0.252 e. The normalized spacial score (nSPS) is 12.8. The molecule has 0 bridgehead atoms. The van der Waals surface area contributed by atoms with Crippen molar-refractivity contribution < 1.29 is 0 Å². The number of nitrogens with zero attached hydrogens (tertiary/aromatic N) is 3. The second-order valence-electron chi connectivity index (χ2n) is 18.8. The summed E-state index contributed by atoms with van der Waals surface area (Å²) in [5.74, 6) is 0. The summed E-state index contributed by atoms with van der Waals surface area (Å²) in [6.45, 7) is -0.0702. The minimum atomic E-state index is -0.0702. The van der Waals surface area contributed by atoms with E-state index in [2.05, 4.69) is 269 Å². The van der Waals surface area contributed by atoms with Crippen molar-refractivity contribution in [2.75, 3.05) is 9.80 Å². The zero-order valence-corrected chi connectivity index (χ0v) is 38.2. The Kier molecular flexibility index (Phi) is 8.45. The number of hydrogen-bond acceptors (Lipinski definition) is 2. The highest BCUT2D eigenvalue weighted by Crippen LogP contribution is 2.54. The van der Waals surface area contributed by atoms with Crippen molar-refractivity contribution in [1.82, 2.24) is 4.57 Å². The van der Waals surface area contributed by atoms with Crippen molar-refractivity contribution in [3.05, 3.63) is 255 Å². The molecule has 1 aromatic heterocycles. The number of benzene rings is 11. The minimum absolute atomic E-state index is 0.0702. The summed E-state index contributed by atoms with van der Waals surface area (Å²) in [5.41, 5.74) is 26.7. The maximum Gasteiger partial charge on any atom is 0.252 e. The molecule has 4 heteroatoms. The van der Waals surface area contributed by atoms with E-state index in [1.165, 1.54) is 122 Å². The Morgan fingerprint density at radius 2 is 0.786 bits per heavy atom. The van der Waals surface area contributed by atoms with Gasteiger partial charge in [-0.1, -0.05) is 188 Å². The molecule has 0 unspecified atom stereocenters. The molecule has 4 heterocycles. The molecule has 0 fully saturated rings. The molecule has 15 rings (SSSR count). The highest BCUT2D eigenvalue weighted by molar-refractivity contribution is 7.00. The second-order valence-corrected chi connectivity index (χ2v) is 18.8. The van der Waals surface area contributed by atoms with Gasteiger partial charge in [0.2, 0.25) is 0 Å². The van der Waals surface area contributed by atoms with E-state index in [0.29, 0.717) is 0 Å². The fourth-order valence-corrected chi connectivity index (χ4v) is 12.1. The van der Waals surface area contributed by atoms with Crippen LogP contribution in [0.15, 0.2) is 255 Å². The van der Waals surface area contributed by atoms with Crippen LogP contribution in [0.2, 0.25) is 0 Å². The van der Waals surface area contributed by atoms with E-state index < -0.39 is 0 Å². The first-order valence-corrected chi connectivity index (χ1v) is 24.3. The maximum absolute atomic E-state index is 2.60. The summed E-state index contributed by atoms with van der Waals surface area (Å²) < 4.78 is 2.45. The molecule has 70 heavy (non-hydrogen) atoms. The van der Waals surface area contributed by atoms with Crippen LogP contribution in [0.5, 0.6) is 0 Å². The quantitative estimate of drug-likeness (QED) is 0.160. The number of anilines is 6. The van der Waals surface area contributed by atoms with E-state index in [9.17, 15) is 0 Å². The van der Waals surface area contributed by atoms with E-state index in [-0.39, 0.29) is 6.71 Å². The molecule has 0 saturated carbocycles. The van der Waals surface area contributed by atoms with Crippen molar-refractivity contribution in [2.24, 2.45) is 0 Å². The average molecular weight is 888 g/mol. The predicted molar refractivity (Wildman–Crippen MR) is 296 cm³/mol. The van der Waals surface area contributed by atoms with Gasteiger partial charge in [-0.05, 0) is 128 Å². The first-order chi connectivity index (χ1) is 34.7. The van der Waals surface area contributed by atoms with Crippen LogP contribution in [-0.2, 0) is 0 Å². The lowest BCUT2D eigenvalue weighted by Crippen LogP contribution is -2.61. The van der Waals surface area contributed by atoms with Crippen molar-refractivity contribution >= 4 is 79.0 Å². The topological polar surface area (TPSA) is 11.4 Å². The lowest BCUT2D eigenvalue weighted by atomic mass is 9.33. The number of hydrogen-bond donors (Lipinski definition) is 0. The molecule has 3 nitrogen and oxygen atoms in total. The lowest BCUT2D eigenvalue weighted by Gasteiger charge is -2.45. The van der Waals surface area contributed by atoms with E-state index in [0.717, 1.165) is 11.4 Å². The third-order valence-electron chi connectivity index (χ3n) is 15.1. The molecule has 0 aliphatic carbocycles. The fraction of sp³-hybridized carbons (Fsp3) is 0. The van der Waals surface area contributed by atoms with Gasteiger partial charge < -0.3 is 14.4 Å².